The van der Waals surface area contributed by atoms with Crippen LogP contribution in [0.4, 0.5) is 0 Å². The summed E-state index contributed by atoms with van der Waals surface area (Å²) in [4.78, 5) is 58.6. The summed E-state index contributed by atoms with van der Waals surface area (Å²) in [6.07, 6.45) is 4.80. The molecule has 0 saturated heterocycles. The van der Waals surface area contributed by atoms with Gasteiger partial charge in [-0.3, -0.25) is 19.2 Å². The van der Waals surface area contributed by atoms with Crippen molar-refractivity contribution in [2.45, 2.75) is 31.0 Å². The van der Waals surface area contributed by atoms with Gasteiger partial charge in [0.25, 0.3) is 0 Å². The molecule has 0 spiro atoms. The molecule has 0 aliphatic heterocycles. The number of carbonyl (C=O) groups excluding carboxylic acids is 3. The topological polar surface area (TPSA) is 215 Å². The van der Waals surface area contributed by atoms with Crippen LogP contribution in [0.1, 0.15) is 11.3 Å². The van der Waals surface area contributed by atoms with Crippen molar-refractivity contribution in [2.24, 2.45) is 5.73 Å². The average Bonchev–Trinajstić information content (AvgIpc) is 3.50. The number of hydrogen-bond acceptors (Lipinski definition) is 7. The molecule has 13 heteroatoms. The standard InChI is InChI=1S/C22H27N7O6/c23-15(6-13-8-24-11-27-13)20(33)29-18(10-30)22(35)28-17(21(34)26-9-19(31)32)5-12-7-25-16-4-2-1-3-14(12)16/h1-4,7-8,11,15,17-18,25,30H,5-6,9-10,23H2,(H,24,27)(H,26,34)(H,28,35)(H,29,33)(H,31,32). The minimum absolute atomic E-state index is 0.0344. The molecule has 0 aliphatic rings. The van der Waals surface area contributed by atoms with Crippen LogP contribution >= 0.6 is 0 Å². The molecule has 2 heterocycles. The molecule has 9 N–H and O–H groups in total. The molecule has 0 saturated carbocycles. The highest BCUT2D eigenvalue weighted by atomic mass is 16.4. The van der Waals surface area contributed by atoms with Gasteiger partial charge in [0.15, 0.2) is 0 Å². The van der Waals surface area contributed by atoms with Crippen LogP contribution in [0.2, 0.25) is 0 Å². The number of aromatic amines is 2. The predicted molar refractivity (Wildman–Crippen MR) is 124 cm³/mol. The van der Waals surface area contributed by atoms with Crippen LogP contribution in [0.15, 0.2) is 43.0 Å². The van der Waals surface area contributed by atoms with Gasteiger partial charge in [-0.1, -0.05) is 18.2 Å². The van der Waals surface area contributed by atoms with Crippen LogP contribution < -0.4 is 21.7 Å². The lowest BCUT2D eigenvalue weighted by atomic mass is 10.0. The number of para-hydroxylation sites is 1. The number of carbonyl (C=O) groups is 4. The Morgan fingerprint density at radius 2 is 1.74 bits per heavy atom. The Balaban J connectivity index is 1.70. The monoisotopic (exact) mass is 485 g/mol. The number of nitrogens with zero attached hydrogens (tertiary/aromatic N) is 1. The van der Waals surface area contributed by atoms with Crippen molar-refractivity contribution in [2.75, 3.05) is 13.2 Å². The molecule has 1 aromatic carbocycles. The Kier molecular flexibility index (Phi) is 8.53. The highest BCUT2D eigenvalue weighted by Gasteiger charge is 2.29. The number of benzene rings is 1. The van der Waals surface area contributed by atoms with E-state index in [1.165, 1.54) is 12.5 Å². The van der Waals surface area contributed by atoms with Crippen molar-refractivity contribution in [1.82, 2.24) is 30.9 Å². The van der Waals surface area contributed by atoms with Crippen LogP contribution in [-0.4, -0.2) is 80.1 Å². The van der Waals surface area contributed by atoms with Crippen LogP contribution in [0, 0.1) is 0 Å². The molecule has 13 nitrogen and oxygen atoms in total. The van der Waals surface area contributed by atoms with E-state index in [1.54, 1.807) is 6.20 Å². The first-order valence-electron chi connectivity index (χ1n) is 10.8. The number of H-pyrrole nitrogens is 2. The van der Waals surface area contributed by atoms with Gasteiger partial charge in [-0.15, -0.1) is 0 Å². The van der Waals surface area contributed by atoms with E-state index in [1.807, 2.05) is 24.3 Å². The number of imidazole rings is 1. The summed E-state index contributed by atoms with van der Waals surface area (Å²) >= 11 is 0. The van der Waals surface area contributed by atoms with E-state index in [0.29, 0.717) is 11.3 Å². The van der Waals surface area contributed by atoms with Gasteiger partial charge in [0.2, 0.25) is 17.7 Å². The third kappa shape index (κ3) is 6.88. The maximum atomic E-state index is 12.8. The van der Waals surface area contributed by atoms with E-state index < -0.39 is 55.0 Å². The van der Waals surface area contributed by atoms with E-state index in [-0.39, 0.29) is 12.8 Å². The summed E-state index contributed by atoms with van der Waals surface area (Å²) in [6.45, 7) is -1.38. The van der Waals surface area contributed by atoms with Gasteiger partial charge in [-0.25, -0.2) is 4.98 Å². The third-order valence-corrected chi connectivity index (χ3v) is 5.29. The van der Waals surface area contributed by atoms with E-state index in [0.717, 1.165) is 10.9 Å². The first-order chi connectivity index (χ1) is 16.8. The normalized spacial score (nSPS) is 13.5. The SMILES string of the molecule is NC(Cc1cnc[nH]1)C(=O)NC(CO)C(=O)NC(Cc1c[nH]c2ccccc12)C(=O)NCC(=O)O. The van der Waals surface area contributed by atoms with Gasteiger partial charge >= 0.3 is 5.97 Å². The Morgan fingerprint density at radius 3 is 2.43 bits per heavy atom. The van der Waals surface area contributed by atoms with Crippen LogP contribution in [0.3, 0.4) is 0 Å². The fraction of sp³-hybridized carbons (Fsp3) is 0.318. The molecule has 2 aromatic heterocycles. The Hall–Kier alpha value is -4.23. The maximum absolute atomic E-state index is 12.8. The number of nitrogens with two attached hydrogens (primary N) is 1. The zero-order valence-corrected chi connectivity index (χ0v) is 18.7. The minimum Gasteiger partial charge on any atom is -0.480 e. The predicted octanol–water partition coefficient (Wildman–Crippen LogP) is -1.83. The van der Waals surface area contributed by atoms with E-state index in [2.05, 4.69) is 30.9 Å². The lowest BCUT2D eigenvalue weighted by Crippen LogP contribution is -2.57. The highest BCUT2D eigenvalue weighted by molar-refractivity contribution is 5.94. The van der Waals surface area contributed by atoms with Crippen molar-refractivity contribution >= 4 is 34.6 Å². The van der Waals surface area contributed by atoms with E-state index in [9.17, 15) is 24.3 Å². The molecule has 3 amide bonds. The third-order valence-electron chi connectivity index (χ3n) is 5.29. The van der Waals surface area contributed by atoms with E-state index >= 15 is 0 Å². The molecule has 186 valence electrons. The van der Waals surface area contributed by atoms with Crippen LogP contribution in [0.25, 0.3) is 10.9 Å². The summed E-state index contributed by atoms with van der Waals surface area (Å²) in [7, 11) is 0. The fourth-order valence-corrected chi connectivity index (χ4v) is 3.49. The highest BCUT2D eigenvalue weighted by Crippen LogP contribution is 2.19. The second kappa shape index (κ2) is 11.8. The number of fused-ring (bicyclic) bond motifs is 1. The van der Waals surface area contributed by atoms with Crippen LogP contribution in [-0.2, 0) is 32.0 Å². The fourth-order valence-electron chi connectivity index (χ4n) is 3.49. The lowest BCUT2D eigenvalue weighted by Gasteiger charge is -2.23. The molecule has 3 aromatic rings. The summed E-state index contributed by atoms with van der Waals surface area (Å²) in [5.74, 6) is -3.49. The largest absolute Gasteiger partial charge is 0.480 e. The number of amides is 3. The van der Waals surface area contributed by atoms with Gasteiger partial charge in [-0.2, -0.15) is 0 Å². The molecule has 3 rings (SSSR count). The molecule has 0 bridgehead atoms. The van der Waals surface area contributed by atoms with Gasteiger partial charge in [-0.05, 0) is 11.6 Å². The van der Waals surface area contributed by atoms with Gasteiger partial charge in [0, 0.05) is 41.8 Å². The Labute approximate surface area is 199 Å². The number of aliphatic hydroxyl groups is 1. The quantitative estimate of drug-likeness (QED) is 0.146. The number of nitrogens with one attached hydrogen (secondary N) is 5. The van der Waals surface area contributed by atoms with E-state index in [4.69, 9.17) is 10.8 Å². The zero-order chi connectivity index (χ0) is 25.4. The number of carboxylic acids is 1. The smallest absolute Gasteiger partial charge is 0.322 e. The first-order valence-corrected chi connectivity index (χ1v) is 10.8. The first kappa shape index (κ1) is 25.4. The second-order valence-corrected chi connectivity index (χ2v) is 7.87. The Bertz CT molecular complexity index is 1180. The number of rotatable bonds is 12. The van der Waals surface area contributed by atoms with Crippen LogP contribution in [0.5, 0.6) is 0 Å². The Morgan fingerprint density at radius 1 is 1.00 bits per heavy atom. The second-order valence-electron chi connectivity index (χ2n) is 7.87. The molecular weight excluding hydrogens is 458 g/mol. The lowest BCUT2D eigenvalue weighted by molar-refractivity contribution is -0.138. The summed E-state index contributed by atoms with van der Waals surface area (Å²) in [6, 6.07) is 3.78. The summed E-state index contributed by atoms with van der Waals surface area (Å²) in [5, 5.41) is 26.5. The van der Waals surface area contributed by atoms with Crippen molar-refractivity contribution in [3.05, 3.63) is 54.2 Å². The van der Waals surface area contributed by atoms with Gasteiger partial charge in [0.1, 0.15) is 18.6 Å². The maximum Gasteiger partial charge on any atom is 0.322 e. The zero-order valence-electron chi connectivity index (χ0n) is 18.7. The summed E-state index contributed by atoms with van der Waals surface area (Å²) in [5.41, 5.74) is 8.03. The van der Waals surface area contributed by atoms with Gasteiger partial charge in [0.05, 0.1) is 19.0 Å². The van der Waals surface area contributed by atoms with Crippen molar-refractivity contribution in [3.8, 4) is 0 Å². The van der Waals surface area contributed by atoms with Crippen molar-refractivity contribution < 1.29 is 29.4 Å². The number of aliphatic hydroxyl groups excluding tert-OH is 1. The average molecular weight is 486 g/mol. The molecular formula is C22H27N7O6. The molecule has 3 atom stereocenters. The molecule has 0 radical (unpaired) electrons. The number of aliphatic carboxylic acids is 1. The number of aromatic nitrogens is 3. The summed E-state index contributed by atoms with van der Waals surface area (Å²) < 4.78 is 0. The number of hydrogen-bond donors (Lipinski definition) is 8. The van der Waals surface area contributed by atoms with Gasteiger partial charge < -0.3 is 41.9 Å². The minimum atomic E-state index is -1.38. The number of carboxylic acid groups (broad SMARTS) is 1. The molecule has 0 fully saturated rings. The molecule has 3 unspecified atom stereocenters. The van der Waals surface area contributed by atoms with Crippen molar-refractivity contribution in [1.29, 1.82) is 0 Å². The molecule has 0 aliphatic carbocycles. The van der Waals surface area contributed by atoms with Crippen molar-refractivity contribution in [3.63, 3.8) is 0 Å². The molecule has 35 heavy (non-hydrogen) atoms.